The summed E-state index contributed by atoms with van der Waals surface area (Å²) >= 11 is 0. The van der Waals surface area contributed by atoms with Crippen LogP contribution < -0.4 is 9.64 Å². The van der Waals surface area contributed by atoms with Gasteiger partial charge in [0.2, 0.25) is 6.41 Å². The summed E-state index contributed by atoms with van der Waals surface area (Å²) in [6.07, 6.45) is 1.79. The number of benzene rings is 1. The number of ether oxygens (including phenoxy) is 1. The van der Waals surface area contributed by atoms with E-state index in [-0.39, 0.29) is 0 Å². The number of methoxy groups -OCH3 is 1. The zero-order valence-electron chi connectivity index (χ0n) is 8.56. The molecule has 1 amide bonds. The Morgan fingerprint density at radius 2 is 2.29 bits per heavy atom. The van der Waals surface area contributed by atoms with Gasteiger partial charge in [0.25, 0.3) is 0 Å². The van der Waals surface area contributed by atoms with Crippen LogP contribution >= 0.6 is 0 Å². The van der Waals surface area contributed by atoms with Gasteiger partial charge in [-0.15, -0.1) is 0 Å². The molecule has 3 heteroatoms. The number of hydrogen-bond acceptors (Lipinski definition) is 2. The Balaban J connectivity index is 2.86. The number of rotatable bonds is 5. The van der Waals surface area contributed by atoms with Gasteiger partial charge < -0.3 is 9.64 Å². The van der Waals surface area contributed by atoms with E-state index in [0.29, 0.717) is 0 Å². The molecule has 1 aromatic rings. The first kappa shape index (κ1) is 10.6. The number of amides is 1. The Labute approximate surface area is 84.3 Å². The molecular formula is C11H15NO2. The van der Waals surface area contributed by atoms with Crippen LogP contribution in [0.2, 0.25) is 0 Å². The fraction of sp³-hybridized carbons (Fsp3) is 0.364. The summed E-state index contributed by atoms with van der Waals surface area (Å²) in [4.78, 5) is 12.4. The molecule has 0 unspecified atom stereocenters. The molecule has 14 heavy (non-hydrogen) atoms. The van der Waals surface area contributed by atoms with Crippen LogP contribution in [-0.4, -0.2) is 20.1 Å². The Hall–Kier alpha value is -1.51. The standard InChI is InChI=1S/C11H15NO2/c1-3-7-12(9-13)10-5-4-6-11(8-10)14-2/h4-6,8-9H,3,7H2,1-2H3. The average Bonchev–Trinajstić information content (AvgIpc) is 2.26. The van der Waals surface area contributed by atoms with Crippen LogP contribution in [0.1, 0.15) is 13.3 Å². The van der Waals surface area contributed by atoms with E-state index in [0.717, 1.165) is 30.8 Å². The van der Waals surface area contributed by atoms with Crippen molar-refractivity contribution in [2.75, 3.05) is 18.6 Å². The lowest BCUT2D eigenvalue weighted by molar-refractivity contribution is -0.107. The van der Waals surface area contributed by atoms with Gasteiger partial charge in [0.05, 0.1) is 7.11 Å². The molecule has 0 aliphatic carbocycles. The monoisotopic (exact) mass is 193 g/mol. The van der Waals surface area contributed by atoms with Crippen molar-refractivity contribution < 1.29 is 9.53 Å². The molecule has 0 N–H and O–H groups in total. The van der Waals surface area contributed by atoms with Crippen molar-refractivity contribution in [3.05, 3.63) is 24.3 Å². The van der Waals surface area contributed by atoms with Crippen molar-refractivity contribution >= 4 is 12.1 Å². The zero-order valence-corrected chi connectivity index (χ0v) is 8.56. The molecule has 0 heterocycles. The third-order valence-corrected chi connectivity index (χ3v) is 1.98. The van der Waals surface area contributed by atoms with Crippen LogP contribution in [0, 0.1) is 0 Å². The van der Waals surface area contributed by atoms with Gasteiger partial charge in [0.15, 0.2) is 0 Å². The number of hydrogen-bond donors (Lipinski definition) is 0. The number of nitrogens with zero attached hydrogens (tertiary/aromatic N) is 1. The fourth-order valence-electron chi connectivity index (χ4n) is 1.27. The van der Waals surface area contributed by atoms with Crippen molar-refractivity contribution in [2.45, 2.75) is 13.3 Å². The van der Waals surface area contributed by atoms with Gasteiger partial charge >= 0.3 is 0 Å². The quantitative estimate of drug-likeness (QED) is 0.670. The van der Waals surface area contributed by atoms with Gasteiger partial charge in [-0.3, -0.25) is 4.79 Å². The summed E-state index contributed by atoms with van der Waals surface area (Å²) in [7, 11) is 1.62. The predicted octanol–water partition coefficient (Wildman–Crippen LogP) is 2.07. The molecule has 1 aromatic carbocycles. The molecule has 0 spiro atoms. The minimum atomic E-state index is 0.733. The Morgan fingerprint density at radius 1 is 1.50 bits per heavy atom. The van der Waals surface area contributed by atoms with Crippen LogP contribution in [0.3, 0.4) is 0 Å². The van der Waals surface area contributed by atoms with Crippen LogP contribution in [0.4, 0.5) is 5.69 Å². The maximum Gasteiger partial charge on any atom is 0.214 e. The fourth-order valence-corrected chi connectivity index (χ4v) is 1.27. The van der Waals surface area contributed by atoms with Crippen molar-refractivity contribution in [3.63, 3.8) is 0 Å². The van der Waals surface area contributed by atoms with Crippen LogP contribution in [0.15, 0.2) is 24.3 Å². The molecule has 0 aliphatic heterocycles. The Morgan fingerprint density at radius 3 is 2.86 bits per heavy atom. The summed E-state index contributed by atoms with van der Waals surface area (Å²) in [5.74, 6) is 0.769. The second-order valence-electron chi connectivity index (χ2n) is 3.00. The van der Waals surface area contributed by atoms with Crippen molar-refractivity contribution in [3.8, 4) is 5.75 Å². The van der Waals surface area contributed by atoms with Gasteiger partial charge in [-0.05, 0) is 18.6 Å². The maximum atomic E-state index is 10.8. The van der Waals surface area contributed by atoms with E-state index in [9.17, 15) is 4.79 Å². The van der Waals surface area contributed by atoms with E-state index >= 15 is 0 Å². The van der Waals surface area contributed by atoms with Gasteiger partial charge in [-0.25, -0.2) is 0 Å². The van der Waals surface area contributed by atoms with E-state index in [4.69, 9.17) is 4.74 Å². The molecule has 3 nitrogen and oxygen atoms in total. The highest BCUT2D eigenvalue weighted by Gasteiger charge is 2.03. The smallest absolute Gasteiger partial charge is 0.214 e. The summed E-state index contributed by atoms with van der Waals surface area (Å²) < 4.78 is 5.09. The lowest BCUT2D eigenvalue weighted by Crippen LogP contribution is -2.21. The molecule has 0 fully saturated rings. The molecule has 76 valence electrons. The minimum absolute atomic E-state index is 0.733. The van der Waals surface area contributed by atoms with Crippen molar-refractivity contribution in [1.82, 2.24) is 0 Å². The van der Waals surface area contributed by atoms with Crippen LogP contribution in [0.25, 0.3) is 0 Å². The highest BCUT2D eigenvalue weighted by molar-refractivity contribution is 5.75. The molecule has 0 atom stereocenters. The average molecular weight is 193 g/mol. The third kappa shape index (κ3) is 2.49. The SMILES string of the molecule is CCCN(C=O)c1cccc(OC)c1. The van der Waals surface area contributed by atoms with E-state index in [1.54, 1.807) is 12.0 Å². The minimum Gasteiger partial charge on any atom is -0.497 e. The van der Waals surface area contributed by atoms with Crippen molar-refractivity contribution in [1.29, 1.82) is 0 Å². The predicted molar refractivity (Wildman–Crippen MR) is 56.7 cm³/mol. The van der Waals surface area contributed by atoms with Gasteiger partial charge in [-0.2, -0.15) is 0 Å². The van der Waals surface area contributed by atoms with Crippen molar-refractivity contribution in [2.24, 2.45) is 0 Å². The Bertz CT molecular complexity index is 299. The number of carbonyl (C=O) groups is 1. The van der Waals surface area contributed by atoms with Crippen LogP contribution in [0.5, 0.6) is 5.75 Å². The summed E-state index contributed by atoms with van der Waals surface area (Å²) in [6, 6.07) is 7.48. The molecule has 0 aromatic heterocycles. The molecule has 0 saturated heterocycles. The Kier molecular flexibility index (Phi) is 3.98. The van der Waals surface area contributed by atoms with Crippen LogP contribution in [-0.2, 0) is 4.79 Å². The first-order valence-electron chi connectivity index (χ1n) is 4.67. The lowest BCUT2D eigenvalue weighted by Gasteiger charge is -2.16. The number of anilines is 1. The molecule has 0 aliphatic rings. The van der Waals surface area contributed by atoms with E-state index < -0.39 is 0 Å². The van der Waals surface area contributed by atoms with Gasteiger partial charge in [-0.1, -0.05) is 13.0 Å². The normalized spacial score (nSPS) is 9.57. The van der Waals surface area contributed by atoms with Gasteiger partial charge in [0, 0.05) is 18.3 Å². The second kappa shape index (κ2) is 5.27. The van der Waals surface area contributed by atoms with E-state index in [1.165, 1.54) is 0 Å². The van der Waals surface area contributed by atoms with Gasteiger partial charge in [0.1, 0.15) is 5.75 Å². The number of carbonyl (C=O) groups excluding carboxylic acids is 1. The maximum absolute atomic E-state index is 10.8. The topological polar surface area (TPSA) is 29.5 Å². The molecule has 0 radical (unpaired) electrons. The molecular weight excluding hydrogens is 178 g/mol. The lowest BCUT2D eigenvalue weighted by atomic mass is 10.2. The zero-order chi connectivity index (χ0) is 10.4. The first-order valence-corrected chi connectivity index (χ1v) is 4.67. The molecule has 0 bridgehead atoms. The third-order valence-electron chi connectivity index (χ3n) is 1.98. The molecule has 1 rings (SSSR count). The second-order valence-corrected chi connectivity index (χ2v) is 3.00. The molecule has 0 saturated carbocycles. The summed E-state index contributed by atoms with van der Waals surface area (Å²) in [5.41, 5.74) is 0.876. The van der Waals surface area contributed by atoms with E-state index in [2.05, 4.69) is 0 Å². The largest absolute Gasteiger partial charge is 0.497 e. The highest BCUT2D eigenvalue weighted by Crippen LogP contribution is 2.19. The summed E-state index contributed by atoms with van der Waals surface area (Å²) in [5, 5.41) is 0. The summed E-state index contributed by atoms with van der Waals surface area (Å²) in [6.45, 7) is 2.77. The van der Waals surface area contributed by atoms with E-state index in [1.807, 2.05) is 31.2 Å². The highest BCUT2D eigenvalue weighted by atomic mass is 16.5. The first-order chi connectivity index (χ1) is 6.81.